The Labute approximate surface area is 123 Å². The van der Waals surface area contributed by atoms with Gasteiger partial charge in [0.15, 0.2) is 0 Å². The smallest absolute Gasteiger partial charge is 0.324 e. The molecular formula is C15H30N2O3. The Bertz CT molecular complexity index is 266. The highest BCUT2D eigenvalue weighted by atomic mass is 16.5. The summed E-state index contributed by atoms with van der Waals surface area (Å²) in [6, 6.07) is -0.210. The maximum atomic E-state index is 12.0. The number of ether oxygens (including phenoxy) is 2. The summed E-state index contributed by atoms with van der Waals surface area (Å²) in [7, 11) is 0. The SMILES string of the molecule is CCCNC(CN1CCC(OCC)CC1)C(=O)OCC. The second kappa shape index (κ2) is 10.1. The van der Waals surface area contributed by atoms with Crippen molar-refractivity contribution in [1.29, 1.82) is 0 Å². The molecule has 1 atom stereocenters. The Morgan fingerprint density at radius 1 is 1.25 bits per heavy atom. The van der Waals surface area contributed by atoms with E-state index in [1.165, 1.54) is 0 Å². The van der Waals surface area contributed by atoms with Crippen LogP contribution in [0.2, 0.25) is 0 Å². The van der Waals surface area contributed by atoms with Gasteiger partial charge in [-0.05, 0) is 39.7 Å². The minimum Gasteiger partial charge on any atom is -0.465 e. The van der Waals surface area contributed by atoms with E-state index in [1.54, 1.807) is 0 Å². The van der Waals surface area contributed by atoms with Crippen molar-refractivity contribution in [2.45, 2.75) is 52.2 Å². The van der Waals surface area contributed by atoms with Crippen LogP contribution in [0.15, 0.2) is 0 Å². The van der Waals surface area contributed by atoms with Crippen LogP contribution in [-0.4, -0.2) is 62.4 Å². The fraction of sp³-hybridized carbons (Fsp3) is 0.933. The van der Waals surface area contributed by atoms with Crippen molar-refractivity contribution in [3.63, 3.8) is 0 Å². The van der Waals surface area contributed by atoms with Crippen molar-refractivity contribution >= 4 is 5.97 Å². The second-order valence-corrected chi connectivity index (χ2v) is 5.21. The molecule has 1 aliphatic rings. The topological polar surface area (TPSA) is 50.8 Å². The molecule has 5 heteroatoms. The van der Waals surface area contributed by atoms with Gasteiger partial charge in [-0.3, -0.25) is 4.79 Å². The Kier molecular flexibility index (Phi) is 8.82. The summed E-state index contributed by atoms with van der Waals surface area (Å²) < 4.78 is 10.8. The van der Waals surface area contributed by atoms with Crippen molar-refractivity contribution in [1.82, 2.24) is 10.2 Å². The lowest BCUT2D eigenvalue weighted by atomic mass is 10.1. The number of likely N-dealkylation sites (tertiary alicyclic amines) is 1. The quantitative estimate of drug-likeness (QED) is 0.650. The van der Waals surface area contributed by atoms with Crippen molar-refractivity contribution in [3.05, 3.63) is 0 Å². The minimum atomic E-state index is -0.210. The first-order chi connectivity index (χ1) is 9.71. The minimum absolute atomic E-state index is 0.132. The van der Waals surface area contributed by atoms with Crippen LogP contribution in [-0.2, 0) is 14.3 Å². The van der Waals surface area contributed by atoms with Crippen LogP contribution < -0.4 is 5.32 Å². The average molecular weight is 286 g/mol. The van der Waals surface area contributed by atoms with E-state index in [0.717, 1.165) is 52.0 Å². The average Bonchev–Trinajstić information content (AvgIpc) is 2.45. The van der Waals surface area contributed by atoms with Gasteiger partial charge in [-0.15, -0.1) is 0 Å². The molecule has 1 rings (SSSR count). The highest BCUT2D eigenvalue weighted by Gasteiger charge is 2.25. The van der Waals surface area contributed by atoms with Gasteiger partial charge in [-0.25, -0.2) is 0 Å². The lowest BCUT2D eigenvalue weighted by Crippen LogP contribution is -2.49. The first kappa shape index (κ1) is 17.4. The monoisotopic (exact) mass is 286 g/mol. The molecule has 0 spiro atoms. The molecule has 0 bridgehead atoms. The zero-order valence-corrected chi connectivity index (χ0v) is 13.2. The number of nitrogens with one attached hydrogen (secondary N) is 1. The summed E-state index contributed by atoms with van der Waals surface area (Å²) in [5.74, 6) is -0.132. The molecule has 118 valence electrons. The van der Waals surface area contributed by atoms with E-state index < -0.39 is 0 Å². The van der Waals surface area contributed by atoms with Crippen LogP contribution in [0.4, 0.5) is 0 Å². The van der Waals surface area contributed by atoms with E-state index >= 15 is 0 Å². The van der Waals surface area contributed by atoms with Crippen LogP contribution in [0.1, 0.15) is 40.0 Å². The van der Waals surface area contributed by atoms with E-state index in [9.17, 15) is 4.79 Å². The van der Waals surface area contributed by atoms with Gasteiger partial charge in [0.1, 0.15) is 6.04 Å². The molecule has 5 nitrogen and oxygen atoms in total. The van der Waals surface area contributed by atoms with Gasteiger partial charge in [0.05, 0.1) is 12.7 Å². The van der Waals surface area contributed by atoms with Crippen molar-refractivity contribution < 1.29 is 14.3 Å². The molecule has 0 aromatic heterocycles. The molecule has 1 N–H and O–H groups in total. The summed E-state index contributed by atoms with van der Waals surface area (Å²) in [6.07, 6.45) is 3.51. The van der Waals surface area contributed by atoms with Gasteiger partial charge in [0, 0.05) is 26.2 Å². The molecule has 1 heterocycles. The van der Waals surface area contributed by atoms with Crippen LogP contribution in [0.5, 0.6) is 0 Å². The van der Waals surface area contributed by atoms with Crippen molar-refractivity contribution in [2.24, 2.45) is 0 Å². The molecule has 0 aromatic rings. The molecule has 0 amide bonds. The number of hydrogen-bond acceptors (Lipinski definition) is 5. The molecule has 0 saturated carbocycles. The van der Waals surface area contributed by atoms with Gasteiger partial charge in [-0.2, -0.15) is 0 Å². The fourth-order valence-corrected chi connectivity index (χ4v) is 2.54. The number of nitrogens with zero attached hydrogens (tertiary/aromatic N) is 1. The first-order valence-corrected chi connectivity index (χ1v) is 7.95. The third kappa shape index (κ3) is 6.20. The van der Waals surface area contributed by atoms with Crippen LogP contribution in [0.3, 0.4) is 0 Å². The van der Waals surface area contributed by atoms with Crippen LogP contribution in [0, 0.1) is 0 Å². The molecule has 0 aromatic carbocycles. The number of carbonyl (C=O) groups excluding carboxylic acids is 1. The summed E-state index contributed by atoms with van der Waals surface area (Å²) >= 11 is 0. The maximum absolute atomic E-state index is 12.0. The first-order valence-electron chi connectivity index (χ1n) is 7.95. The Hall–Kier alpha value is -0.650. The normalized spacial score (nSPS) is 18.9. The van der Waals surface area contributed by atoms with E-state index in [0.29, 0.717) is 12.7 Å². The van der Waals surface area contributed by atoms with E-state index in [-0.39, 0.29) is 12.0 Å². The number of esters is 1. The standard InChI is InChI=1S/C15H30N2O3/c1-4-9-16-14(15(18)20-6-3)12-17-10-7-13(8-11-17)19-5-2/h13-14,16H,4-12H2,1-3H3. The second-order valence-electron chi connectivity index (χ2n) is 5.21. The molecular weight excluding hydrogens is 256 g/mol. The number of hydrogen-bond donors (Lipinski definition) is 1. The zero-order chi connectivity index (χ0) is 14.8. The molecule has 0 radical (unpaired) electrons. The summed E-state index contributed by atoms with van der Waals surface area (Å²) in [5.41, 5.74) is 0. The number of rotatable bonds is 9. The van der Waals surface area contributed by atoms with Crippen LogP contribution in [0.25, 0.3) is 0 Å². The molecule has 1 unspecified atom stereocenters. The van der Waals surface area contributed by atoms with Crippen LogP contribution >= 0.6 is 0 Å². The molecule has 1 saturated heterocycles. The summed E-state index contributed by atoms with van der Waals surface area (Å²) in [6.45, 7) is 10.8. The number of carbonyl (C=O) groups is 1. The van der Waals surface area contributed by atoms with Gasteiger partial charge >= 0.3 is 5.97 Å². The van der Waals surface area contributed by atoms with Gasteiger partial charge in [0.2, 0.25) is 0 Å². The molecule has 1 fully saturated rings. The Morgan fingerprint density at radius 3 is 2.50 bits per heavy atom. The third-order valence-corrected chi connectivity index (χ3v) is 3.59. The molecule has 1 aliphatic heterocycles. The van der Waals surface area contributed by atoms with Gasteiger partial charge in [-0.1, -0.05) is 6.92 Å². The largest absolute Gasteiger partial charge is 0.465 e. The zero-order valence-electron chi connectivity index (χ0n) is 13.2. The predicted octanol–water partition coefficient (Wildman–Crippen LogP) is 1.42. The molecule has 0 aliphatic carbocycles. The van der Waals surface area contributed by atoms with E-state index in [4.69, 9.17) is 9.47 Å². The van der Waals surface area contributed by atoms with Gasteiger partial charge < -0.3 is 19.7 Å². The van der Waals surface area contributed by atoms with Crippen molar-refractivity contribution in [2.75, 3.05) is 39.4 Å². The lowest BCUT2D eigenvalue weighted by Gasteiger charge is -2.33. The van der Waals surface area contributed by atoms with Crippen molar-refractivity contribution in [3.8, 4) is 0 Å². The third-order valence-electron chi connectivity index (χ3n) is 3.59. The highest BCUT2D eigenvalue weighted by molar-refractivity contribution is 5.76. The maximum Gasteiger partial charge on any atom is 0.324 e. The Balaban J connectivity index is 2.39. The number of piperidine rings is 1. The predicted molar refractivity (Wildman–Crippen MR) is 79.8 cm³/mol. The summed E-state index contributed by atoms with van der Waals surface area (Å²) in [4.78, 5) is 14.3. The fourth-order valence-electron chi connectivity index (χ4n) is 2.54. The molecule has 20 heavy (non-hydrogen) atoms. The lowest BCUT2D eigenvalue weighted by molar-refractivity contribution is -0.146. The van der Waals surface area contributed by atoms with E-state index in [2.05, 4.69) is 17.1 Å². The Morgan fingerprint density at radius 2 is 1.95 bits per heavy atom. The highest BCUT2D eigenvalue weighted by Crippen LogP contribution is 2.14. The van der Waals surface area contributed by atoms with Gasteiger partial charge in [0.25, 0.3) is 0 Å². The summed E-state index contributed by atoms with van der Waals surface area (Å²) in [5, 5.41) is 3.29. The van der Waals surface area contributed by atoms with E-state index in [1.807, 2.05) is 13.8 Å².